The molecule has 0 saturated heterocycles. The fourth-order valence-corrected chi connectivity index (χ4v) is 0.771. The Bertz CT molecular complexity index is 175. The molecule has 1 heterocycles. The third kappa shape index (κ3) is 1.71. The molecule has 6 heteroatoms. The Balaban J connectivity index is 2.75. The smallest absolute Gasteiger partial charge is 0.211 e. The number of hydrogen-bond donors (Lipinski definition) is 1. The highest BCUT2D eigenvalue weighted by Gasteiger charge is 2.11. The van der Waals surface area contributed by atoms with Gasteiger partial charge in [-0.1, -0.05) is 34.8 Å². The molecule has 0 spiro atoms. The highest BCUT2D eigenvalue weighted by molar-refractivity contribution is 7.00. The topological polar surface area (TPSA) is 36.8 Å². The summed E-state index contributed by atoms with van der Waals surface area (Å²) in [4.78, 5) is 3.64. The van der Waals surface area contributed by atoms with Crippen molar-refractivity contribution in [3.63, 3.8) is 0 Å². The van der Waals surface area contributed by atoms with Crippen LogP contribution in [-0.2, 0) is 0 Å². The average Bonchev–Trinajstić information content (AvgIpc) is 1.80. The van der Waals surface area contributed by atoms with Crippen molar-refractivity contribution in [3.05, 3.63) is 0 Å². The number of alkyl halides is 1. The maximum Gasteiger partial charge on any atom is 0.211 e. The van der Waals surface area contributed by atoms with Gasteiger partial charge in [-0.05, 0) is 0 Å². The van der Waals surface area contributed by atoms with E-state index in [-0.39, 0.29) is 10.3 Å². The molecule has 9 heavy (non-hydrogen) atoms. The zero-order chi connectivity index (χ0) is 6.85. The number of rotatable bonds is 0. The van der Waals surface area contributed by atoms with E-state index in [1.165, 1.54) is 0 Å². The first kappa shape index (κ1) is 7.12. The van der Waals surface area contributed by atoms with Crippen molar-refractivity contribution < 1.29 is 0 Å². The molecule has 3 nitrogen and oxygen atoms in total. The Labute approximate surface area is 66.7 Å². The Morgan fingerprint density at radius 3 is 2.44 bits per heavy atom. The van der Waals surface area contributed by atoms with Gasteiger partial charge in [-0.3, -0.25) is 5.43 Å². The van der Waals surface area contributed by atoms with E-state index in [1.807, 2.05) is 0 Å². The van der Waals surface area contributed by atoms with E-state index in [4.69, 9.17) is 34.8 Å². The van der Waals surface area contributed by atoms with Crippen molar-refractivity contribution >= 4 is 45.1 Å². The molecule has 0 radical (unpaired) electrons. The van der Waals surface area contributed by atoms with E-state index >= 15 is 0 Å². The van der Waals surface area contributed by atoms with Crippen LogP contribution in [0.5, 0.6) is 0 Å². The van der Waals surface area contributed by atoms with Crippen molar-refractivity contribution in [2.75, 3.05) is 0 Å². The quantitative estimate of drug-likeness (QED) is 0.449. The number of hydrazone groups is 1. The first-order chi connectivity index (χ1) is 4.20. The summed E-state index contributed by atoms with van der Waals surface area (Å²) in [5, 5.41) is 3.80. The zero-order valence-corrected chi connectivity index (χ0v) is 6.37. The van der Waals surface area contributed by atoms with Gasteiger partial charge in [0.15, 0.2) is 10.3 Å². The molecule has 1 atom stereocenters. The first-order valence-corrected chi connectivity index (χ1v) is 3.26. The minimum absolute atomic E-state index is 0.133. The van der Waals surface area contributed by atoms with Crippen LogP contribution in [0.1, 0.15) is 0 Å². The minimum atomic E-state index is -0.597. The molecule has 1 rings (SSSR count). The van der Waals surface area contributed by atoms with Crippen LogP contribution in [0.25, 0.3) is 0 Å². The van der Waals surface area contributed by atoms with Gasteiger partial charge in [-0.2, -0.15) is 5.10 Å². The van der Waals surface area contributed by atoms with Crippen molar-refractivity contribution in [1.29, 1.82) is 0 Å². The summed E-state index contributed by atoms with van der Waals surface area (Å²) in [5.41, 5.74) is 1.81. The van der Waals surface area contributed by atoms with Gasteiger partial charge in [-0.25, -0.2) is 4.99 Å². The standard InChI is InChI=1S/C3H2Cl3N3/c4-1-2(5)8-9-3(6)7-1/h3,9H. The van der Waals surface area contributed by atoms with Crippen LogP contribution in [0.2, 0.25) is 0 Å². The zero-order valence-electron chi connectivity index (χ0n) is 4.11. The van der Waals surface area contributed by atoms with Crippen LogP contribution < -0.4 is 5.43 Å². The van der Waals surface area contributed by atoms with Crippen LogP contribution in [-0.4, -0.2) is 16.0 Å². The van der Waals surface area contributed by atoms with E-state index in [2.05, 4.69) is 15.5 Å². The third-order valence-corrected chi connectivity index (χ3v) is 1.50. The van der Waals surface area contributed by atoms with Crippen molar-refractivity contribution in [2.24, 2.45) is 10.1 Å². The molecular weight excluding hydrogens is 184 g/mol. The van der Waals surface area contributed by atoms with Crippen LogP contribution in [0.15, 0.2) is 10.1 Å². The monoisotopic (exact) mass is 185 g/mol. The van der Waals surface area contributed by atoms with Crippen LogP contribution in [0, 0.1) is 0 Å². The molecule has 1 N–H and O–H groups in total. The predicted molar refractivity (Wildman–Crippen MR) is 39.4 cm³/mol. The number of aliphatic imine (C=N–C) groups is 1. The van der Waals surface area contributed by atoms with Gasteiger partial charge in [0.2, 0.25) is 5.62 Å². The summed E-state index contributed by atoms with van der Waals surface area (Å²) in [6.45, 7) is 0. The molecule has 0 bridgehead atoms. The van der Waals surface area contributed by atoms with Gasteiger partial charge in [0.25, 0.3) is 0 Å². The summed E-state index contributed by atoms with van der Waals surface area (Å²) < 4.78 is 0. The maximum atomic E-state index is 5.43. The molecule has 1 aliphatic heterocycles. The van der Waals surface area contributed by atoms with E-state index in [0.717, 1.165) is 0 Å². The Morgan fingerprint density at radius 2 is 2.00 bits per heavy atom. The Hall–Kier alpha value is 0.01000. The van der Waals surface area contributed by atoms with Gasteiger partial charge in [0, 0.05) is 0 Å². The average molecular weight is 186 g/mol. The molecule has 0 aliphatic carbocycles. The lowest BCUT2D eigenvalue weighted by Gasteiger charge is -2.08. The van der Waals surface area contributed by atoms with Gasteiger partial charge in [-0.15, -0.1) is 0 Å². The first-order valence-electron chi connectivity index (χ1n) is 2.06. The normalized spacial score (nSPS) is 26.3. The SMILES string of the molecule is ClC1=NNC(Cl)N=C1Cl. The highest BCUT2D eigenvalue weighted by Crippen LogP contribution is 2.05. The molecule has 1 aliphatic rings. The minimum Gasteiger partial charge on any atom is -0.271 e. The molecule has 0 amide bonds. The molecule has 0 aromatic carbocycles. The van der Waals surface area contributed by atoms with Gasteiger partial charge >= 0.3 is 0 Å². The van der Waals surface area contributed by atoms with Gasteiger partial charge in [0.05, 0.1) is 0 Å². The molecule has 1 unspecified atom stereocenters. The number of nitrogens with zero attached hydrogens (tertiary/aromatic N) is 2. The fourth-order valence-electron chi connectivity index (χ4n) is 0.338. The van der Waals surface area contributed by atoms with E-state index in [1.54, 1.807) is 0 Å². The number of halogens is 3. The van der Waals surface area contributed by atoms with E-state index in [9.17, 15) is 0 Å². The second kappa shape index (κ2) is 2.73. The molecule has 0 aromatic rings. The summed E-state index contributed by atoms with van der Waals surface area (Å²) in [7, 11) is 0. The maximum absolute atomic E-state index is 5.43. The second-order valence-electron chi connectivity index (χ2n) is 1.29. The molecule has 0 saturated carbocycles. The molecule has 50 valence electrons. The lowest BCUT2D eigenvalue weighted by Crippen LogP contribution is -2.24. The van der Waals surface area contributed by atoms with Crippen molar-refractivity contribution in [3.8, 4) is 0 Å². The third-order valence-electron chi connectivity index (χ3n) is 0.666. The molecular formula is C3H2Cl3N3. The van der Waals surface area contributed by atoms with Crippen molar-refractivity contribution in [2.45, 2.75) is 5.62 Å². The number of nitrogens with one attached hydrogen (secondary N) is 1. The Morgan fingerprint density at radius 1 is 1.33 bits per heavy atom. The van der Waals surface area contributed by atoms with Crippen LogP contribution in [0.3, 0.4) is 0 Å². The van der Waals surface area contributed by atoms with Crippen LogP contribution in [0.4, 0.5) is 0 Å². The predicted octanol–water partition coefficient (Wildman–Crippen LogP) is 1.30. The van der Waals surface area contributed by atoms with Gasteiger partial charge in [0.1, 0.15) is 0 Å². The molecule has 0 fully saturated rings. The van der Waals surface area contributed by atoms with Crippen LogP contribution >= 0.6 is 34.8 Å². The van der Waals surface area contributed by atoms with E-state index < -0.39 is 5.62 Å². The summed E-state index contributed by atoms with van der Waals surface area (Å²) in [6, 6.07) is 0. The number of hydrogen-bond acceptors (Lipinski definition) is 3. The fraction of sp³-hybridized carbons (Fsp3) is 0.333. The lowest BCUT2D eigenvalue weighted by atomic mass is 10.7. The van der Waals surface area contributed by atoms with Gasteiger partial charge < -0.3 is 0 Å². The summed E-state index contributed by atoms with van der Waals surface area (Å²) >= 11 is 16.3. The highest BCUT2D eigenvalue weighted by atomic mass is 35.5. The van der Waals surface area contributed by atoms with Crippen molar-refractivity contribution in [1.82, 2.24) is 5.43 Å². The lowest BCUT2D eigenvalue weighted by molar-refractivity contribution is 0.701. The van der Waals surface area contributed by atoms with E-state index in [0.29, 0.717) is 0 Å². The second-order valence-corrected chi connectivity index (χ2v) is 2.42. The largest absolute Gasteiger partial charge is 0.271 e. The molecule has 0 aromatic heterocycles. The Kier molecular flexibility index (Phi) is 2.16. The summed E-state index contributed by atoms with van der Waals surface area (Å²) in [5.74, 6) is 0. The summed E-state index contributed by atoms with van der Waals surface area (Å²) in [6.07, 6.45) is 0.